The molecule has 0 heterocycles. The molecule has 0 saturated carbocycles. The average Bonchev–Trinajstić information content (AvgIpc) is 2.27. The van der Waals surface area contributed by atoms with Gasteiger partial charge in [0.2, 0.25) is 0 Å². The van der Waals surface area contributed by atoms with Crippen molar-refractivity contribution >= 4 is 11.9 Å². The van der Waals surface area contributed by atoms with Gasteiger partial charge in [0.25, 0.3) is 0 Å². The number of hydrogen-bond acceptors (Lipinski definition) is 4. The molecule has 0 atom stereocenters. The summed E-state index contributed by atoms with van der Waals surface area (Å²) in [5.74, 6) is -1.85. The van der Waals surface area contributed by atoms with E-state index in [0.717, 1.165) is 18.2 Å². The summed E-state index contributed by atoms with van der Waals surface area (Å²) in [4.78, 5) is 22.1. The molecular formula is C12H11FO4. The van der Waals surface area contributed by atoms with Crippen molar-refractivity contribution in [2.45, 2.75) is 6.92 Å². The van der Waals surface area contributed by atoms with Crippen LogP contribution in [0.15, 0.2) is 36.4 Å². The number of esters is 2. The Balaban J connectivity index is 2.53. The Morgan fingerprint density at radius 3 is 2.65 bits per heavy atom. The second kappa shape index (κ2) is 6.42. The van der Waals surface area contributed by atoms with Crippen molar-refractivity contribution in [1.82, 2.24) is 0 Å². The minimum atomic E-state index is -0.774. The molecule has 0 aliphatic carbocycles. The Bertz CT molecular complexity index is 440. The van der Waals surface area contributed by atoms with Crippen LogP contribution in [0.1, 0.15) is 6.92 Å². The van der Waals surface area contributed by atoms with Crippen LogP contribution in [0.4, 0.5) is 4.39 Å². The van der Waals surface area contributed by atoms with Crippen LogP contribution in [0.25, 0.3) is 0 Å². The van der Waals surface area contributed by atoms with Crippen molar-refractivity contribution in [3.8, 4) is 5.75 Å². The minimum Gasteiger partial charge on any atom is -0.463 e. The maximum atomic E-state index is 12.7. The van der Waals surface area contributed by atoms with Gasteiger partial charge in [-0.2, -0.15) is 0 Å². The molecular weight excluding hydrogens is 227 g/mol. The van der Waals surface area contributed by atoms with Crippen LogP contribution >= 0.6 is 0 Å². The summed E-state index contributed by atoms with van der Waals surface area (Å²) < 4.78 is 22.1. The van der Waals surface area contributed by atoms with E-state index in [1.165, 1.54) is 18.2 Å². The van der Waals surface area contributed by atoms with E-state index in [2.05, 4.69) is 4.74 Å². The van der Waals surface area contributed by atoms with Gasteiger partial charge in [-0.3, -0.25) is 0 Å². The van der Waals surface area contributed by atoms with Crippen molar-refractivity contribution in [1.29, 1.82) is 0 Å². The second-order valence-corrected chi connectivity index (χ2v) is 2.96. The fourth-order valence-corrected chi connectivity index (χ4v) is 1.01. The summed E-state index contributed by atoms with van der Waals surface area (Å²) in [7, 11) is 0. The molecule has 0 spiro atoms. The van der Waals surface area contributed by atoms with Gasteiger partial charge in [-0.25, -0.2) is 14.0 Å². The van der Waals surface area contributed by atoms with Crippen LogP contribution in [0.5, 0.6) is 5.75 Å². The van der Waals surface area contributed by atoms with E-state index >= 15 is 0 Å². The van der Waals surface area contributed by atoms with Gasteiger partial charge in [-0.15, -0.1) is 0 Å². The predicted octanol–water partition coefficient (Wildman–Crippen LogP) is 1.85. The van der Waals surface area contributed by atoms with Gasteiger partial charge < -0.3 is 9.47 Å². The lowest BCUT2D eigenvalue weighted by molar-refractivity contribution is -0.138. The molecule has 4 nitrogen and oxygen atoms in total. The normalized spacial score (nSPS) is 10.2. The molecule has 0 amide bonds. The predicted molar refractivity (Wildman–Crippen MR) is 57.8 cm³/mol. The molecule has 0 fully saturated rings. The largest absolute Gasteiger partial charge is 0.463 e. The summed E-state index contributed by atoms with van der Waals surface area (Å²) in [5.41, 5.74) is 0. The Kier molecular flexibility index (Phi) is 4.87. The molecule has 0 unspecified atom stereocenters. The van der Waals surface area contributed by atoms with Crippen molar-refractivity contribution in [2.75, 3.05) is 6.61 Å². The van der Waals surface area contributed by atoms with Crippen LogP contribution in [-0.2, 0) is 14.3 Å². The molecule has 17 heavy (non-hydrogen) atoms. The van der Waals surface area contributed by atoms with Crippen LogP contribution in [0.3, 0.4) is 0 Å². The highest BCUT2D eigenvalue weighted by Crippen LogP contribution is 2.12. The van der Waals surface area contributed by atoms with E-state index in [1.54, 1.807) is 6.92 Å². The number of ether oxygens (including phenoxy) is 2. The number of carbonyl (C=O) groups is 2. The lowest BCUT2D eigenvalue weighted by atomic mass is 10.3. The number of benzene rings is 1. The average molecular weight is 238 g/mol. The van der Waals surface area contributed by atoms with Gasteiger partial charge in [0, 0.05) is 18.2 Å². The van der Waals surface area contributed by atoms with Gasteiger partial charge in [0.1, 0.15) is 11.6 Å². The van der Waals surface area contributed by atoms with Gasteiger partial charge in [-0.1, -0.05) is 6.07 Å². The molecule has 5 heteroatoms. The topological polar surface area (TPSA) is 52.6 Å². The standard InChI is InChI=1S/C12H11FO4/c1-2-16-11(14)6-7-12(15)17-10-5-3-4-9(13)8-10/h3-8H,2H2,1H3. The first-order valence-corrected chi connectivity index (χ1v) is 4.94. The molecule has 0 bridgehead atoms. The van der Waals surface area contributed by atoms with Crippen LogP contribution in [0.2, 0.25) is 0 Å². The first-order valence-electron chi connectivity index (χ1n) is 4.94. The summed E-state index contributed by atoms with van der Waals surface area (Å²) in [6.07, 6.45) is 1.87. The molecule has 1 aromatic rings. The highest BCUT2D eigenvalue weighted by atomic mass is 19.1. The number of hydrogen-bond donors (Lipinski definition) is 0. The zero-order valence-electron chi connectivity index (χ0n) is 9.18. The van der Waals surface area contributed by atoms with E-state index in [9.17, 15) is 14.0 Å². The summed E-state index contributed by atoms with van der Waals surface area (Å²) in [5, 5.41) is 0. The van der Waals surface area contributed by atoms with Crippen molar-refractivity contribution in [3.05, 3.63) is 42.2 Å². The SMILES string of the molecule is CCOC(=O)C=CC(=O)Oc1cccc(F)c1. The summed E-state index contributed by atoms with van der Waals surface area (Å²) in [6, 6.07) is 5.13. The molecule has 0 N–H and O–H groups in total. The van der Waals surface area contributed by atoms with E-state index in [0.29, 0.717) is 0 Å². The molecule has 0 aromatic heterocycles. The lowest BCUT2D eigenvalue weighted by Crippen LogP contribution is -2.06. The fourth-order valence-electron chi connectivity index (χ4n) is 1.01. The molecule has 1 rings (SSSR count). The monoisotopic (exact) mass is 238 g/mol. The van der Waals surface area contributed by atoms with E-state index in [-0.39, 0.29) is 12.4 Å². The van der Waals surface area contributed by atoms with Crippen molar-refractivity contribution < 1.29 is 23.5 Å². The van der Waals surface area contributed by atoms with Crippen LogP contribution in [-0.4, -0.2) is 18.5 Å². The third-order valence-corrected chi connectivity index (χ3v) is 1.66. The Hall–Kier alpha value is -2.17. The van der Waals surface area contributed by atoms with E-state index in [1.807, 2.05) is 0 Å². The molecule has 0 aliphatic rings. The molecule has 90 valence electrons. The van der Waals surface area contributed by atoms with E-state index < -0.39 is 17.8 Å². The maximum Gasteiger partial charge on any atom is 0.336 e. The van der Waals surface area contributed by atoms with Crippen LogP contribution in [0, 0.1) is 5.82 Å². The van der Waals surface area contributed by atoms with Gasteiger partial charge in [0.15, 0.2) is 0 Å². The van der Waals surface area contributed by atoms with E-state index in [4.69, 9.17) is 4.74 Å². The van der Waals surface area contributed by atoms with Gasteiger partial charge in [0.05, 0.1) is 6.61 Å². The van der Waals surface area contributed by atoms with Crippen LogP contribution < -0.4 is 4.74 Å². The second-order valence-electron chi connectivity index (χ2n) is 2.96. The molecule has 0 radical (unpaired) electrons. The highest BCUT2D eigenvalue weighted by molar-refractivity contribution is 5.92. The third-order valence-electron chi connectivity index (χ3n) is 1.66. The maximum absolute atomic E-state index is 12.7. The third kappa shape index (κ3) is 4.92. The van der Waals surface area contributed by atoms with Crippen molar-refractivity contribution in [2.24, 2.45) is 0 Å². The Morgan fingerprint density at radius 2 is 2.00 bits per heavy atom. The number of halogens is 1. The lowest BCUT2D eigenvalue weighted by Gasteiger charge is -2.00. The Labute approximate surface area is 97.6 Å². The minimum absolute atomic E-state index is 0.0727. The van der Waals surface area contributed by atoms with Gasteiger partial charge in [-0.05, 0) is 19.1 Å². The highest BCUT2D eigenvalue weighted by Gasteiger charge is 2.03. The smallest absolute Gasteiger partial charge is 0.336 e. The first kappa shape index (κ1) is 12.9. The molecule has 1 aromatic carbocycles. The molecule has 0 aliphatic heterocycles. The molecule has 0 saturated heterocycles. The quantitative estimate of drug-likeness (QED) is 0.456. The first-order chi connectivity index (χ1) is 8.11. The number of carbonyl (C=O) groups excluding carboxylic acids is 2. The van der Waals surface area contributed by atoms with Crippen molar-refractivity contribution in [3.63, 3.8) is 0 Å². The number of rotatable bonds is 4. The summed E-state index contributed by atoms with van der Waals surface area (Å²) >= 11 is 0. The Morgan fingerprint density at radius 1 is 1.29 bits per heavy atom. The zero-order valence-corrected chi connectivity index (χ0v) is 9.18. The fraction of sp³-hybridized carbons (Fsp3) is 0.167. The zero-order chi connectivity index (χ0) is 12.7. The summed E-state index contributed by atoms with van der Waals surface area (Å²) in [6.45, 7) is 1.87. The van der Waals surface area contributed by atoms with Gasteiger partial charge >= 0.3 is 11.9 Å².